The Bertz CT molecular complexity index is 88.6. The van der Waals surface area contributed by atoms with E-state index in [0.29, 0.717) is 0 Å². The summed E-state index contributed by atoms with van der Waals surface area (Å²) in [6.07, 6.45) is 4.25. The SMILES string of the molecule is C[C@H]1CC[C@@H](N(C)C)C1. The number of hydrogen-bond acceptors (Lipinski definition) is 1. The summed E-state index contributed by atoms with van der Waals surface area (Å²) < 4.78 is 0. The largest absolute Gasteiger partial charge is 0.306 e. The summed E-state index contributed by atoms with van der Waals surface area (Å²) in [5.74, 6) is 0.970. The predicted octanol–water partition coefficient (Wildman–Crippen LogP) is 1.74. The van der Waals surface area contributed by atoms with E-state index in [1.807, 2.05) is 0 Å². The van der Waals surface area contributed by atoms with E-state index in [4.69, 9.17) is 0 Å². The molecular weight excluding hydrogens is 110 g/mol. The zero-order valence-electron chi connectivity index (χ0n) is 6.72. The van der Waals surface area contributed by atoms with Crippen molar-refractivity contribution in [1.82, 2.24) is 4.90 Å². The molecule has 0 N–H and O–H groups in total. The first-order valence-electron chi connectivity index (χ1n) is 3.86. The highest BCUT2D eigenvalue weighted by Gasteiger charge is 2.21. The van der Waals surface area contributed by atoms with E-state index >= 15 is 0 Å². The van der Waals surface area contributed by atoms with E-state index in [2.05, 4.69) is 25.9 Å². The van der Waals surface area contributed by atoms with Crippen LogP contribution in [0, 0.1) is 5.92 Å². The number of hydrogen-bond donors (Lipinski definition) is 0. The molecule has 0 heterocycles. The maximum atomic E-state index is 2.35. The van der Waals surface area contributed by atoms with Crippen molar-refractivity contribution in [1.29, 1.82) is 0 Å². The van der Waals surface area contributed by atoms with Gasteiger partial charge < -0.3 is 4.90 Å². The monoisotopic (exact) mass is 127 g/mol. The molecule has 0 aromatic heterocycles. The van der Waals surface area contributed by atoms with Crippen molar-refractivity contribution in [2.75, 3.05) is 14.1 Å². The Morgan fingerprint density at radius 1 is 1.22 bits per heavy atom. The number of rotatable bonds is 1. The van der Waals surface area contributed by atoms with Crippen LogP contribution in [0.25, 0.3) is 0 Å². The highest BCUT2D eigenvalue weighted by atomic mass is 15.1. The van der Waals surface area contributed by atoms with Crippen molar-refractivity contribution >= 4 is 0 Å². The van der Waals surface area contributed by atoms with Gasteiger partial charge in [0.2, 0.25) is 0 Å². The third kappa shape index (κ3) is 1.68. The molecule has 54 valence electrons. The molecule has 0 saturated heterocycles. The van der Waals surface area contributed by atoms with Crippen LogP contribution < -0.4 is 0 Å². The summed E-state index contributed by atoms with van der Waals surface area (Å²) in [4.78, 5) is 2.35. The molecule has 1 heteroatoms. The summed E-state index contributed by atoms with van der Waals surface area (Å²) in [6.45, 7) is 2.35. The standard InChI is InChI=1S/C8H17N/c1-7-4-5-8(6-7)9(2)3/h7-8H,4-6H2,1-3H3/t7-,8+/m0/s1. The molecule has 1 nitrogen and oxygen atoms in total. The Kier molecular flexibility index (Phi) is 2.12. The van der Waals surface area contributed by atoms with Crippen LogP contribution in [-0.2, 0) is 0 Å². The van der Waals surface area contributed by atoms with Gasteiger partial charge in [-0.2, -0.15) is 0 Å². The van der Waals surface area contributed by atoms with Gasteiger partial charge in [-0.3, -0.25) is 0 Å². The molecule has 0 aromatic carbocycles. The molecule has 0 amide bonds. The van der Waals surface area contributed by atoms with Crippen LogP contribution in [0.5, 0.6) is 0 Å². The Morgan fingerprint density at radius 2 is 1.89 bits per heavy atom. The highest BCUT2D eigenvalue weighted by Crippen LogP contribution is 2.26. The minimum atomic E-state index is 0.875. The second-order valence-corrected chi connectivity index (χ2v) is 3.54. The third-order valence-electron chi connectivity index (χ3n) is 2.40. The zero-order chi connectivity index (χ0) is 6.85. The van der Waals surface area contributed by atoms with Gasteiger partial charge in [-0.05, 0) is 39.3 Å². The third-order valence-corrected chi connectivity index (χ3v) is 2.40. The van der Waals surface area contributed by atoms with Gasteiger partial charge in [-0.15, -0.1) is 0 Å². The summed E-state index contributed by atoms with van der Waals surface area (Å²) in [5, 5.41) is 0. The second-order valence-electron chi connectivity index (χ2n) is 3.54. The molecule has 1 fully saturated rings. The van der Waals surface area contributed by atoms with Crippen molar-refractivity contribution in [2.45, 2.75) is 32.2 Å². The molecule has 9 heavy (non-hydrogen) atoms. The molecule has 0 unspecified atom stereocenters. The predicted molar refractivity (Wildman–Crippen MR) is 40.5 cm³/mol. The van der Waals surface area contributed by atoms with Crippen molar-refractivity contribution in [3.05, 3.63) is 0 Å². The molecular formula is C8H17N. The Labute approximate surface area is 58.0 Å². The first kappa shape index (κ1) is 7.07. The van der Waals surface area contributed by atoms with Gasteiger partial charge in [0.1, 0.15) is 0 Å². The topological polar surface area (TPSA) is 3.24 Å². The van der Waals surface area contributed by atoms with Crippen LogP contribution in [-0.4, -0.2) is 25.0 Å². The van der Waals surface area contributed by atoms with E-state index in [9.17, 15) is 0 Å². The van der Waals surface area contributed by atoms with Gasteiger partial charge in [0, 0.05) is 6.04 Å². The maximum absolute atomic E-state index is 2.35. The lowest BCUT2D eigenvalue weighted by molar-refractivity contribution is 0.293. The van der Waals surface area contributed by atoms with E-state index < -0.39 is 0 Å². The molecule has 2 atom stereocenters. The summed E-state index contributed by atoms with van der Waals surface area (Å²) in [6, 6.07) is 0.875. The first-order valence-corrected chi connectivity index (χ1v) is 3.86. The normalized spacial score (nSPS) is 36.0. The molecule has 1 aliphatic carbocycles. The molecule has 1 rings (SSSR count). The smallest absolute Gasteiger partial charge is 0.00918 e. The average Bonchev–Trinajstić information content (AvgIpc) is 2.14. The minimum Gasteiger partial charge on any atom is -0.306 e. The summed E-state index contributed by atoms with van der Waals surface area (Å²) >= 11 is 0. The fourth-order valence-corrected chi connectivity index (χ4v) is 1.65. The van der Waals surface area contributed by atoms with Gasteiger partial charge >= 0.3 is 0 Å². The van der Waals surface area contributed by atoms with Gasteiger partial charge in [0.15, 0.2) is 0 Å². The van der Waals surface area contributed by atoms with Gasteiger partial charge in [0.05, 0.1) is 0 Å². The Balaban J connectivity index is 2.30. The molecule has 0 aromatic rings. The lowest BCUT2D eigenvalue weighted by Gasteiger charge is -2.17. The van der Waals surface area contributed by atoms with E-state index in [1.165, 1.54) is 19.3 Å². The van der Waals surface area contributed by atoms with Gasteiger partial charge in [0.25, 0.3) is 0 Å². The lowest BCUT2D eigenvalue weighted by Crippen LogP contribution is -2.24. The highest BCUT2D eigenvalue weighted by molar-refractivity contribution is 4.77. The Morgan fingerprint density at radius 3 is 2.11 bits per heavy atom. The zero-order valence-corrected chi connectivity index (χ0v) is 6.72. The maximum Gasteiger partial charge on any atom is 0.00918 e. The fraction of sp³-hybridized carbons (Fsp3) is 1.00. The Hall–Kier alpha value is -0.0400. The number of nitrogens with zero attached hydrogens (tertiary/aromatic N) is 1. The molecule has 1 saturated carbocycles. The van der Waals surface area contributed by atoms with Gasteiger partial charge in [-0.1, -0.05) is 6.92 Å². The molecule has 0 spiro atoms. The van der Waals surface area contributed by atoms with E-state index in [-0.39, 0.29) is 0 Å². The molecule has 0 radical (unpaired) electrons. The van der Waals surface area contributed by atoms with Crippen molar-refractivity contribution in [2.24, 2.45) is 5.92 Å². The van der Waals surface area contributed by atoms with Gasteiger partial charge in [-0.25, -0.2) is 0 Å². The van der Waals surface area contributed by atoms with Crippen molar-refractivity contribution in [3.8, 4) is 0 Å². The van der Waals surface area contributed by atoms with E-state index in [0.717, 1.165) is 12.0 Å². The van der Waals surface area contributed by atoms with Crippen LogP contribution in [0.4, 0.5) is 0 Å². The van der Waals surface area contributed by atoms with Crippen LogP contribution in [0.3, 0.4) is 0 Å². The average molecular weight is 127 g/mol. The van der Waals surface area contributed by atoms with Crippen LogP contribution in [0.15, 0.2) is 0 Å². The van der Waals surface area contributed by atoms with Crippen LogP contribution >= 0.6 is 0 Å². The quantitative estimate of drug-likeness (QED) is 0.518. The minimum absolute atomic E-state index is 0.875. The van der Waals surface area contributed by atoms with Crippen LogP contribution in [0.1, 0.15) is 26.2 Å². The molecule has 0 bridgehead atoms. The lowest BCUT2D eigenvalue weighted by atomic mass is 10.1. The second kappa shape index (κ2) is 2.70. The van der Waals surface area contributed by atoms with Crippen molar-refractivity contribution < 1.29 is 0 Å². The van der Waals surface area contributed by atoms with Crippen LogP contribution in [0.2, 0.25) is 0 Å². The first-order chi connectivity index (χ1) is 4.20. The summed E-state index contributed by atoms with van der Waals surface area (Å²) in [5.41, 5.74) is 0. The molecule has 0 aliphatic heterocycles. The van der Waals surface area contributed by atoms with Crippen molar-refractivity contribution in [3.63, 3.8) is 0 Å². The summed E-state index contributed by atoms with van der Waals surface area (Å²) in [7, 11) is 4.37. The molecule has 1 aliphatic rings. The fourth-order valence-electron chi connectivity index (χ4n) is 1.65. The van der Waals surface area contributed by atoms with E-state index in [1.54, 1.807) is 0 Å².